The van der Waals surface area contributed by atoms with Crippen LogP contribution in [-0.4, -0.2) is 18.1 Å². The van der Waals surface area contributed by atoms with Gasteiger partial charge in [-0.1, -0.05) is 38.1 Å². The molecule has 8 heteroatoms. The molecule has 168 valence electrons. The predicted molar refractivity (Wildman–Crippen MR) is 114 cm³/mol. The number of hydrogen-bond acceptors (Lipinski definition) is 4. The fourth-order valence-electron chi connectivity index (χ4n) is 4.50. The number of Topliss-reactive ketones (excluding diaryl/α,β-unsaturated/α-hetero) is 1. The molecule has 1 aliphatic heterocycles. The van der Waals surface area contributed by atoms with Gasteiger partial charge in [0.2, 0.25) is 5.91 Å². The largest absolute Gasteiger partial charge is 0.573 e. The highest BCUT2D eigenvalue weighted by molar-refractivity contribution is 6.05. The van der Waals surface area contributed by atoms with Crippen LogP contribution in [0.5, 0.6) is 5.75 Å². The van der Waals surface area contributed by atoms with E-state index in [1.54, 1.807) is 12.1 Å². The van der Waals surface area contributed by atoms with E-state index < -0.39 is 12.4 Å². The van der Waals surface area contributed by atoms with E-state index in [1.807, 2.05) is 26.0 Å². The van der Waals surface area contributed by atoms with E-state index in [4.69, 9.17) is 0 Å². The van der Waals surface area contributed by atoms with Gasteiger partial charge in [-0.15, -0.1) is 13.2 Å². The number of carbonyl (C=O) groups excluding carboxylic acids is 2. The fourth-order valence-corrected chi connectivity index (χ4v) is 4.50. The second-order valence-corrected chi connectivity index (χ2v) is 8.88. The van der Waals surface area contributed by atoms with E-state index >= 15 is 0 Å². The van der Waals surface area contributed by atoms with Crippen LogP contribution in [-0.2, 0) is 9.59 Å². The number of rotatable bonds is 2. The molecule has 4 rings (SSSR count). The van der Waals surface area contributed by atoms with Crippen LogP contribution in [0, 0.1) is 5.41 Å². The minimum atomic E-state index is -4.81. The van der Waals surface area contributed by atoms with Gasteiger partial charge in [-0.3, -0.25) is 14.5 Å². The Hall–Kier alpha value is -3.29. The maximum atomic E-state index is 13.3. The molecule has 1 atom stereocenters. The smallest absolute Gasteiger partial charge is 0.406 e. The molecule has 5 nitrogen and oxygen atoms in total. The molecule has 0 bridgehead atoms. The average molecular weight is 444 g/mol. The lowest BCUT2D eigenvalue weighted by molar-refractivity contribution is -0.274. The van der Waals surface area contributed by atoms with Crippen molar-refractivity contribution in [2.75, 3.05) is 10.2 Å². The first-order valence-electron chi connectivity index (χ1n) is 10.2. The van der Waals surface area contributed by atoms with Crippen LogP contribution >= 0.6 is 0 Å². The maximum Gasteiger partial charge on any atom is 0.573 e. The summed E-state index contributed by atoms with van der Waals surface area (Å²) in [6.07, 6.45) is -3.90. The number of ether oxygens (including phenoxy) is 1. The van der Waals surface area contributed by atoms with Gasteiger partial charge in [0.05, 0.1) is 17.4 Å². The first-order valence-corrected chi connectivity index (χ1v) is 10.2. The van der Waals surface area contributed by atoms with Crippen molar-refractivity contribution in [3.63, 3.8) is 0 Å². The van der Waals surface area contributed by atoms with Crippen molar-refractivity contribution in [2.24, 2.45) is 5.41 Å². The highest BCUT2D eigenvalue weighted by Gasteiger charge is 2.42. The molecule has 1 amide bonds. The molecule has 2 aliphatic rings. The molecule has 1 unspecified atom stereocenters. The summed E-state index contributed by atoms with van der Waals surface area (Å²) >= 11 is 0. The van der Waals surface area contributed by atoms with Crippen molar-refractivity contribution < 1.29 is 27.5 Å². The summed E-state index contributed by atoms with van der Waals surface area (Å²) in [6, 6.07) is 11.8. The number of allylic oxidation sites excluding steroid dienone is 1. The van der Waals surface area contributed by atoms with E-state index in [0.29, 0.717) is 35.4 Å². The van der Waals surface area contributed by atoms with Gasteiger partial charge >= 0.3 is 6.36 Å². The molecule has 1 N–H and O–H groups in total. The topological polar surface area (TPSA) is 58.6 Å². The number of carbonyl (C=O) groups is 2. The molecule has 0 saturated heterocycles. The van der Waals surface area contributed by atoms with Gasteiger partial charge in [-0.25, -0.2) is 0 Å². The van der Waals surface area contributed by atoms with Gasteiger partial charge in [0.25, 0.3) is 0 Å². The van der Waals surface area contributed by atoms with Crippen LogP contribution in [0.25, 0.3) is 0 Å². The van der Waals surface area contributed by atoms with Gasteiger partial charge < -0.3 is 10.1 Å². The van der Waals surface area contributed by atoms with Gasteiger partial charge in [-0.05, 0) is 41.7 Å². The number of ketones is 1. The van der Waals surface area contributed by atoms with E-state index in [0.717, 1.165) is 5.70 Å². The summed E-state index contributed by atoms with van der Waals surface area (Å²) in [6.45, 7) is 5.43. The van der Waals surface area contributed by atoms with Gasteiger partial charge in [0.15, 0.2) is 5.78 Å². The van der Waals surface area contributed by atoms with Gasteiger partial charge in [0, 0.05) is 24.6 Å². The number of alkyl halides is 3. The summed E-state index contributed by atoms with van der Waals surface area (Å²) in [5, 5.41) is 3.37. The molecule has 1 aliphatic carbocycles. The Morgan fingerprint density at radius 3 is 2.38 bits per heavy atom. The van der Waals surface area contributed by atoms with Crippen molar-refractivity contribution in [1.29, 1.82) is 0 Å². The number of nitrogens with zero attached hydrogens (tertiary/aromatic N) is 1. The molecular formula is C24H23F3N2O3. The van der Waals surface area contributed by atoms with Crippen molar-refractivity contribution in [3.05, 3.63) is 65.4 Å². The summed E-state index contributed by atoms with van der Waals surface area (Å²) < 4.78 is 41.8. The van der Waals surface area contributed by atoms with Gasteiger partial charge in [-0.2, -0.15) is 0 Å². The van der Waals surface area contributed by atoms with Gasteiger partial charge in [0.1, 0.15) is 5.75 Å². The third-order valence-corrected chi connectivity index (χ3v) is 5.67. The number of halogens is 3. The summed E-state index contributed by atoms with van der Waals surface area (Å²) in [4.78, 5) is 27.7. The van der Waals surface area contributed by atoms with Crippen molar-refractivity contribution in [3.8, 4) is 5.75 Å². The highest BCUT2D eigenvalue weighted by Crippen LogP contribution is 2.48. The molecule has 0 radical (unpaired) electrons. The zero-order valence-electron chi connectivity index (χ0n) is 17.9. The zero-order valence-corrected chi connectivity index (χ0v) is 17.9. The standard InChI is InChI=1S/C24H23F3N2O3/c1-14(30)29-19-7-5-4-6-17(19)28-18-12-23(2,3)13-20(31)21(18)22(29)15-8-10-16(11-9-15)32-24(25,26)27/h4-11,22,28H,12-13H2,1-3H3. The SMILES string of the molecule is CC(=O)N1c2ccccc2NC2=C(C(=O)CC(C)(C)C2)C1c1ccc(OC(F)(F)F)cc1. The zero-order chi connectivity index (χ0) is 23.3. The van der Waals surface area contributed by atoms with Crippen molar-refractivity contribution in [2.45, 2.75) is 46.0 Å². The summed E-state index contributed by atoms with van der Waals surface area (Å²) in [5.41, 5.74) is 2.73. The summed E-state index contributed by atoms with van der Waals surface area (Å²) in [7, 11) is 0. The lowest BCUT2D eigenvalue weighted by Crippen LogP contribution is -2.38. The second kappa shape index (κ2) is 7.69. The van der Waals surface area contributed by atoms with Crippen molar-refractivity contribution in [1.82, 2.24) is 0 Å². The number of amides is 1. The lowest BCUT2D eigenvalue weighted by Gasteiger charge is -2.36. The van der Waals surface area contributed by atoms with Crippen LogP contribution in [0.1, 0.15) is 45.2 Å². The van der Waals surface area contributed by atoms with E-state index in [9.17, 15) is 22.8 Å². The molecule has 0 fully saturated rings. The molecule has 2 aromatic rings. The third-order valence-electron chi connectivity index (χ3n) is 5.67. The van der Waals surface area contributed by atoms with Crippen LogP contribution < -0.4 is 15.0 Å². The number of fused-ring (bicyclic) bond motifs is 1. The highest BCUT2D eigenvalue weighted by atomic mass is 19.4. The first-order chi connectivity index (χ1) is 15.0. The Bertz CT molecular complexity index is 1100. The Balaban J connectivity index is 1.90. The first kappa shape index (κ1) is 21.9. The Kier molecular flexibility index (Phi) is 5.27. The molecule has 32 heavy (non-hydrogen) atoms. The molecule has 1 heterocycles. The van der Waals surface area contributed by atoms with E-state index in [1.165, 1.54) is 36.1 Å². The Morgan fingerprint density at radius 2 is 1.75 bits per heavy atom. The number of anilines is 2. The fraction of sp³-hybridized carbons (Fsp3) is 0.333. The van der Waals surface area contributed by atoms with E-state index in [-0.39, 0.29) is 22.9 Å². The van der Waals surface area contributed by atoms with Crippen LogP contribution in [0.2, 0.25) is 0 Å². The maximum absolute atomic E-state index is 13.3. The Labute approximate surface area is 183 Å². The predicted octanol–water partition coefficient (Wildman–Crippen LogP) is 5.75. The van der Waals surface area contributed by atoms with Crippen LogP contribution in [0.4, 0.5) is 24.5 Å². The summed E-state index contributed by atoms with van der Waals surface area (Å²) in [5.74, 6) is -0.747. The average Bonchev–Trinajstić information content (AvgIpc) is 2.80. The van der Waals surface area contributed by atoms with Crippen molar-refractivity contribution >= 4 is 23.1 Å². The van der Waals surface area contributed by atoms with E-state index in [2.05, 4.69) is 10.1 Å². The molecular weight excluding hydrogens is 421 g/mol. The molecule has 0 saturated carbocycles. The minimum absolute atomic E-state index is 0.0941. The number of nitrogens with one attached hydrogen (secondary N) is 1. The van der Waals surface area contributed by atoms with Crippen LogP contribution in [0.15, 0.2) is 59.8 Å². The third kappa shape index (κ3) is 4.22. The van der Waals surface area contributed by atoms with Crippen LogP contribution in [0.3, 0.4) is 0 Å². The minimum Gasteiger partial charge on any atom is -0.406 e. The molecule has 0 aromatic heterocycles. The lowest BCUT2D eigenvalue weighted by atomic mass is 9.73. The normalized spacial score (nSPS) is 20.1. The second-order valence-electron chi connectivity index (χ2n) is 8.88. The monoisotopic (exact) mass is 444 g/mol. The quantitative estimate of drug-likeness (QED) is 0.641. The molecule has 2 aromatic carbocycles. The molecule has 0 spiro atoms. The number of hydrogen-bond donors (Lipinski definition) is 1. The Morgan fingerprint density at radius 1 is 1.09 bits per heavy atom. The number of para-hydroxylation sites is 2. The number of benzene rings is 2.